The van der Waals surface area contributed by atoms with Crippen LogP contribution in [0.15, 0.2) is 23.2 Å². The van der Waals surface area contributed by atoms with Crippen LogP contribution in [0.1, 0.15) is 40.9 Å². The lowest BCUT2D eigenvalue weighted by atomic mass is 10.1. The van der Waals surface area contributed by atoms with E-state index in [1.807, 2.05) is 11.7 Å². The van der Waals surface area contributed by atoms with Gasteiger partial charge >= 0.3 is 0 Å². The molecule has 0 aliphatic heterocycles. The first-order valence-corrected chi connectivity index (χ1v) is 8.72. The highest BCUT2D eigenvalue weighted by atomic mass is 127. The van der Waals surface area contributed by atoms with Gasteiger partial charge in [0.05, 0.1) is 5.69 Å². The number of nitrogens with one attached hydrogen (secondary N) is 1. The van der Waals surface area contributed by atoms with Gasteiger partial charge in [-0.05, 0) is 74.8 Å². The number of aliphatic imine (C=N–C) groups is 1. The molecule has 5 nitrogen and oxygen atoms in total. The summed E-state index contributed by atoms with van der Waals surface area (Å²) in [5.74, 6) is 0.493. The largest absolute Gasteiger partial charge is 0.370 e. The van der Waals surface area contributed by atoms with E-state index in [9.17, 15) is 0 Å². The van der Waals surface area contributed by atoms with Gasteiger partial charge in [0.15, 0.2) is 5.96 Å². The number of aromatic nitrogens is 2. The third-order valence-electron chi connectivity index (χ3n) is 4.90. The third kappa shape index (κ3) is 4.74. The summed E-state index contributed by atoms with van der Waals surface area (Å²) in [4.78, 5) is 4.45. The summed E-state index contributed by atoms with van der Waals surface area (Å²) in [5, 5.41) is 7.66. The minimum atomic E-state index is 0. The van der Waals surface area contributed by atoms with Crippen molar-refractivity contribution in [2.45, 2.75) is 46.0 Å². The first-order valence-electron chi connectivity index (χ1n) is 8.72. The van der Waals surface area contributed by atoms with E-state index in [0.29, 0.717) is 5.96 Å². The van der Waals surface area contributed by atoms with Gasteiger partial charge in [-0.2, -0.15) is 5.10 Å². The molecule has 2 aromatic rings. The molecular formula is C19H28IN5. The van der Waals surface area contributed by atoms with E-state index in [2.05, 4.69) is 47.5 Å². The minimum absolute atomic E-state index is 0. The number of nitrogens with zero attached hydrogens (tertiary/aromatic N) is 3. The van der Waals surface area contributed by atoms with E-state index in [-0.39, 0.29) is 24.0 Å². The van der Waals surface area contributed by atoms with Crippen LogP contribution in [0.5, 0.6) is 0 Å². The first kappa shape index (κ1) is 19.8. The molecule has 6 heteroatoms. The third-order valence-corrected chi connectivity index (χ3v) is 4.90. The topological polar surface area (TPSA) is 68.2 Å². The fourth-order valence-electron chi connectivity index (χ4n) is 3.47. The predicted molar refractivity (Wildman–Crippen MR) is 115 cm³/mol. The van der Waals surface area contributed by atoms with Crippen molar-refractivity contribution in [1.29, 1.82) is 0 Å². The lowest BCUT2D eigenvalue weighted by Gasteiger charge is -2.08. The summed E-state index contributed by atoms with van der Waals surface area (Å²) in [6, 6.07) is 6.49. The average molecular weight is 453 g/mol. The quantitative estimate of drug-likeness (QED) is 0.315. The second-order valence-corrected chi connectivity index (χ2v) is 6.61. The predicted octanol–water partition coefficient (Wildman–Crippen LogP) is 3.50. The molecule has 25 heavy (non-hydrogen) atoms. The second-order valence-electron chi connectivity index (χ2n) is 6.61. The highest BCUT2D eigenvalue weighted by Crippen LogP contribution is 2.24. The van der Waals surface area contributed by atoms with Crippen LogP contribution in [0.3, 0.4) is 0 Å². The summed E-state index contributed by atoms with van der Waals surface area (Å²) >= 11 is 0. The molecule has 3 rings (SSSR count). The SMILES string of the molecule is Cc1nn(C)c(C)c1CCCN=C(N)Nc1ccc2c(c1)CCC2.I. The Kier molecular flexibility index (Phi) is 6.87. The lowest BCUT2D eigenvalue weighted by Crippen LogP contribution is -2.23. The number of nitrogens with two attached hydrogens (primary N) is 1. The molecule has 0 saturated carbocycles. The highest BCUT2D eigenvalue weighted by molar-refractivity contribution is 14.0. The van der Waals surface area contributed by atoms with E-state index in [1.165, 1.54) is 41.6 Å². The molecular weight excluding hydrogens is 425 g/mol. The van der Waals surface area contributed by atoms with Gasteiger partial charge in [0.1, 0.15) is 0 Å². The number of rotatable bonds is 5. The molecule has 136 valence electrons. The van der Waals surface area contributed by atoms with Crippen LogP contribution in [0.4, 0.5) is 5.69 Å². The van der Waals surface area contributed by atoms with Crippen molar-refractivity contribution in [2.24, 2.45) is 17.8 Å². The smallest absolute Gasteiger partial charge is 0.193 e. The summed E-state index contributed by atoms with van der Waals surface area (Å²) in [7, 11) is 1.99. The minimum Gasteiger partial charge on any atom is -0.370 e. The van der Waals surface area contributed by atoms with Crippen molar-refractivity contribution in [3.63, 3.8) is 0 Å². The zero-order valence-electron chi connectivity index (χ0n) is 15.3. The number of aryl methyl sites for hydroxylation is 4. The Morgan fingerprint density at radius 3 is 2.76 bits per heavy atom. The molecule has 0 atom stereocenters. The number of hydrogen-bond acceptors (Lipinski definition) is 2. The Bertz CT molecular complexity index is 763. The molecule has 0 saturated heterocycles. The van der Waals surface area contributed by atoms with Crippen molar-refractivity contribution in [3.05, 3.63) is 46.3 Å². The molecule has 3 N–H and O–H groups in total. The van der Waals surface area contributed by atoms with Gasteiger partial charge in [0.25, 0.3) is 0 Å². The van der Waals surface area contributed by atoms with Gasteiger partial charge in [0.2, 0.25) is 0 Å². The Morgan fingerprint density at radius 1 is 1.28 bits per heavy atom. The Morgan fingerprint density at radius 2 is 2.04 bits per heavy atom. The molecule has 1 aliphatic carbocycles. The van der Waals surface area contributed by atoms with Crippen molar-refractivity contribution in [3.8, 4) is 0 Å². The number of hydrogen-bond donors (Lipinski definition) is 2. The molecule has 0 amide bonds. The molecule has 0 unspecified atom stereocenters. The molecule has 0 fully saturated rings. The maximum absolute atomic E-state index is 6.02. The van der Waals surface area contributed by atoms with E-state index >= 15 is 0 Å². The van der Waals surface area contributed by atoms with Crippen LogP contribution in [-0.2, 0) is 26.3 Å². The summed E-state index contributed by atoms with van der Waals surface area (Å²) in [5.41, 5.74) is 13.6. The highest BCUT2D eigenvalue weighted by Gasteiger charge is 2.11. The van der Waals surface area contributed by atoms with Crippen molar-refractivity contribution >= 4 is 35.6 Å². The maximum Gasteiger partial charge on any atom is 0.193 e. The Hall–Kier alpha value is -1.57. The molecule has 0 radical (unpaired) electrons. The number of guanidine groups is 1. The Labute approximate surface area is 167 Å². The second kappa shape index (κ2) is 8.69. The zero-order chi connectivity index (χ0) is 17.1. The molecule has 1 aliphatic rings. The molecule has 0 bridgehead atoms. The van der Waals surface area contributed by atoms with Crippen LogP contribution < -0.4 is 11.1 Å². The fourth-order valence-corrected chi connectivity index (χ4v) is 3.47. The van der Waals surface area contributed by atoms with Gasteiger partial charge < -0.3 is 11.1 Å². The van der Waals surface area contributed by atoms with Gasteiger partial charge in [-0.15, -0.1) is 24.0 Å². The molecule has 0 spiro atoms. The number of anilines is 1. The normalized spacial score (nSPS) is 13.5. The van der Waals surface area contributed by atoms with Gasteiger partial charge in [-0.3, -0.25) is 9.67 Å². The van der Waals surface area contributed by atoms with E-state index in [1.54, 1.807) is 0 Å². The summed E-state index contributed by atoms with van der Waals surface area (Å²) in [6.07, 6.45) is 5.59. The van der Waals surface area contributed by atoms with Crippen molar-refractivity contribution in [1.82, 2.24) is 9.78 Å². The average Bonchev–Trinajstić information content (AvgIpc) is 3.10. The van der Waals surface area contributed by atoms with E-state index in [0.717, 1.165) is 30.8 Å². The van der Waals surface area contributed by atoms with Crippen LogP contribution in [0, 0.1) is 13.8 Å². The monoisotopic (exact) mass is 453 g/mol. The van der Waals surface area contributed by atoms with Crippen molar-refractivity contribution in [2.75, 3.05) is 11.9 Å². The molecule has 1 aromatic heterocycles. The molecule has 1 aromatic carbocycles. The number of fused-ring (bicyclic) bond motifs is 1. The van der Waals surface area contributed by atoms with Crippen molar-refractivity contribution < 1.29 is 0 Å². The number of benzene rings is 1. The van der Waals surface area contributed by atoms with Gasteiger partial charge in [-0.1, -0.05) is 6.07 Å². The number of halogens is 1. The van der Waals surface area contributed by atoms with Gasteiger partial charge in [0, 0.05) is 25.0 Å². The summed E-state index contributed by atoms with van der Waals surface area (Å²) in [6.45, 7) is 4.90. The van der Waals surface area contributed by atoms with Crippen LogP contribution in [0.2, 0.25) is 0 Å². The van der Waals surface area contributed by atoms with Gasteiger partial charge in [-0.25, -0.2) is 0 Å². The van der Waals surface area contributed by atoms with Crippen LogP contribution in [0.25, 0.3) is 0 Å². The van der Waals surface area contributed by atoms with E-state index in [4.69, 9.17) is 5.73 Å². The van der Waals surface area contributed by atoms with Crippen LogP contribution in [-0.4, -0.2) is 22.3 Å². The molecule has 1 heterocycles. The summed E-state index contributed by atoms with van der Waals surface area (Å²) < 4.78 is 1.94. The standard InChI is InChI=1S/C19H27N5.HI/c1-13-18(14(2)24(3)23-13)8-5-11-21-19(20)22-17-10-9-15-6-4-7-16(15)12-17;/h9-10,12H,4-8,11H2,1-3H3,(H3,20,21,22);1H. The zero-order valence-corrected chi connectivity index (χ0v) is 17.6. The lowest BCUT2D eigenvalue weighted by molar-refractivity contribution is 0.728. The van der Waals surface area contributed by atoms with E-state index < -0.39 is 0 Å². The van der Waals surface area contributed by atoms with Crippen LogP contribution >= 0.6 is 24.0 Å². The Balaban J connectivity index is 0.00000225. The maximum atomic E-state index is 6.02. The first-order chi connectivity index (χ1) is 11.5. The fraction of sp³-hybridized carbons (Fsp3) is 0.474.